The predicted molar refractivity (Wildman–Crippen MR) is 124 cm³/mol. The maximum Gasteiger partial charge on any atom is 0.323 e. The zero-order chi connectivity index (χ0) is 23.8. The SMILES string of the molecule is C[C@H]1CC[C@H](N(CCOCc2ccc(F)cc2F)C(=O)Nc2ncc(SCC(=O)O)s2)CC1. The molecule has 0 radical (unpaired) electrons. The number of ether oxygens (including phenoxy) is 1. The van der Waals surface area contributed by atoms with Crippen molar-refractivity contribution >= 4 is 40.2 Å². The van der Waals surface area contributed by atoms with E-state index >= 15 is 0 Å². The minimum absolute atomic E-state index is 0.0140. The summed E-state index contributed by atoms with van der Waals surface area (Å²) >= 11 is 2.37. The number of thiazole rings is 1. The van der Waals surface area contributed by atoms with Gasteiger partial charge in [0.1, 0.15) is 11.6 Å². The highest BCUT2D eigenvalue weighted by molar-refractivity contribution is 8.01. The lowest BCUT2D eigenvalue weighted by molar-refractivity contribution is -0.133. The quantitative estimate of drug-likeness (QED) is 0.344. The summed E-state index contributed by atoms with van der Waals surface area (Å²) < 4.78 is 33.1. The third-order valence-electron chi connectivity index (χ3n) is 5.47. The van der Waals surface area contributed by atoms with Crippen molar-refractivity contribution in [2.24, 2.45) is 5.92 Å². The average Bonchev–Trinajstić information content (AvgIpc) is 3.21. The molecular formula is C22H27F2N3O4S2. The van der Waals surface area contributed by atoms with Gasteiger partial charge < -0.3 is 14.7 Å². The van der Waals surface area contributed by atoms with Crippen molar-refractivity contribution < 1.29 is 28.2 Å². The standard InChI is InChI=1S/C22H27F2N3O4S2/c1-14-2-6-17(7-3-14)27(8-9-31-12-15-4-5-16(23)10-18(15)24)22(30)26-21-25-11-20(33-21)32-13-19(28)29/h4-5,10-11,14,17H,2-3,6-9,12-13H2,1H3,(H,28,29)(H,25,26,30)/t14-,17-. The summed E-state index contributed by atoms with van der Waals surface area (Å²) in [6.45, 7) is 2.71. The first kappa shape index (κ1) is 25.4. The molecule has 1 aliphatic rings. The van der Waals surface area contributed by atoms with Crippen molar-refractivity contribution in [2.45, 2.75) is 49.5 Å². The lowest BCUT2D eigenvalue weighted by atomic mass is 9.86. The molecule has 0 spiro atoms. The number of urea groups is 1. The molecule has 1 aromatic heterocycles. The van der Waals surface area contributed by atoms with Gasteiger partial charge in [0.2, 0.25) is 0 Å². The first-order chi connectivity index (χ1) is 15.8. The zero-order valence-corrected chi connectivity index (χ0v) is 19.9. The van der Waals surface area contributed by atoms with Gasteiger partial charge in [0.25, 0.3) is 0 Å². The number of aliphatic carboxylic acids is 1. The van der Waals surface area contributed by atoms with E-state index in [4.69, 9.17) is 9.84 Å². The van der Waals surface area contributed by atoms with Gasteiger partial charge in [-0.2, -0.15) is 0 Å². The number of nitrogens with one attached hydrogen (secondary N) is 1. The van der Waals surface area contributed by atoms with Crippen LogP contribution in [-0.2, 0) is 16.1 Å². The average molecular weight is 500 g/mol. The Kier molecular flexibility index (Phi) is 9.45. The number of carboxylic acid groups (broad SMARTS) is 1. The molecule has 0 saturated heterocycles. The second-order valence-corrected chi connectivity index (χ2v) is 10.3. The number of hydrogen-bond donors (Lipinski definition) is 2. The van der Waals surface area contributed by atoms with Crippen molar-refractivity contribution in [1.82, 2.24) is 9.88 Å². The minimum atomic E-state index is -0.919. The number of nitrogens with zero attached hydrogens (tertiary/aromatic N) is 2. The molecule has 2 N–H and O–H groups in total. The third kappa shape index (κ3) is 7.94. The fraction of sp³-hybridized carbons (Fsp3) is 0.500. The molecule has 7 nitrogen and oxygen atoms in total. The Morgan fingerprint density at radius 2 is 2.06 bits per heavy atom. The summed E-state index contributed by atoms with van der Waals surface area (Å²) in [6.07, 6.45) is 5.38. The van der Waals surface area contributed by atoms with Gasteiger partial charge in [-0.25, -0.2) is 18.6 Å². The van der Waals surface area contributed by atoms with Crippen LogP contribution in [0.4, 0.5) is 18.7 Å². The fourth-order valence-corrected chi connectivity index (χ4v) is 5.25. The maximum absolute atomic E-state index is 13.8. The molecule has 1 aliphatic carbocycles. The third-order valence-corrected chi connectivity index (χ3v) is 7.56. The second-order valence-electron chi connectivity index (χ2n) is 7.99. The predicted octanol–water partition coefficient (Wildman–Crippen LogP) is 5.23. The normalized spacial score (nSPS) is 18.2. The molecule has 33 heavy (non-hydrogen) atoms. The molecule has 11 heteroatoms. The molecule has 0 unspecified atom stereocenters. The van der Waals surface area contributed by atoms with Crippen molar-refractivity contribution in [3.8, 4) is 0 Å². The summed E-state index contributed by atoms with van der Waals surface area (Å²) in [5.74, 6) is -1.68. The lowest BCUT2D eigenvalue weighted by Crippen LogP contribution is -2.46. The smallest absolute Gasteiger partial charge is 0.323 e. The van der Waals surface area contributed by atoms with E-state index in [0.717, 1.165) is 43.5 Å². The number of aromatic nitrogens is 1. The second kappa shape index (κ2) is 12.3. The topological polar surface area (TPSA) is 91.8 Å². The maximum atomic E-state index is 13.8. The van der Waals surface area contributed by atoms with Crippen LogP contribution in [0.2, 0.25) is 0 Å². The molecule has 0 bridgehead atoms. The fourth-order valence-electron chi connectivity index (χ4n) is 3.67. The van der Waals surface area contributed by atoms with Gasteiger partial charge in [-0.15, -0.1) is 11.8 Å². The van der Waals surface area contributed by atoms with Gasteiger partial charge in [0.15, 0.2) is 5.13 Å². The zero-order valence-electron chi connectivity index (χ0n) is 18.3. The van der Waals surface area contributed by atoms with E-state index in [0.29, 0.717) is 21.8 Å². The summed E-state index contributed by atoms with van der Waals surface area (Å²) in [7, 11) is 0. The lowest BCUT2D eigenvalue weighted by Gasteiger charge is -2.36. The summed E-state index contributed by atoms with van der Waals surface area (Å²) in [6, 6.07) is 3.11. The first-order valence-corrected chi connectivity index (χ1v) is 12.5. The Balaban J connectivity index is 1.57. The Bertz CT molecular complexity index is 951. The molecule has 2 aromatic rings. The van der Waals surface area contributed by atoms with Crippen molar-refractivity contribution in [2.75, 3.05) is 24.2 Å². The summed E-state index contributed by atoms with van der Waals surface area (Å²) in [5, 5.41) is 12.0. The van der Waals surface area contributed by atoms with E-state index < -0.39 is 17.6 Å². The monoisotopic (exact) mass is 499 g/mol. The van der Waals surface area contributed by atoms with Crippen LogP contribution in [0.3, 0.4) is 0 Å². The van der Waals surface area contributed by atoms with Crippen LogP contribution in [0.5, 0.6) is 0 Å². The van der Waals surface area contributed by atoms with Crippen molar-refractivity contribution in [3.63, 3.8) is 0 Å². The minimum Gasteiger partial charge on any atom is -0.481 e. The number of carbonyl (C=O) groups is 2. The molecule has 0 aliphatic heterocycles. The van der Waals surface area contributed by atoms with E-state index in [-0.39, 0.29) is 36.6 Å². The number of amides is 2. The van der Waals surface area contributed by atoms with Gasteiger partial charge in [-0.3, -0.25) is 10.1 Å². The van der Waals surface area contributed by atoms with E-state index in [9.17, 15) is 18.4 Å². The van der Waals surface area contributed by atoms with E-state index in [1.54, 1.807) is 11.1 Å². The van der Waals surface area contributed by atoms with Crippen LogP contribution in [0.15, 0.2) is 28.6 Å². The number of rotatable bonds is 10. The van der Waals surface area contributed by atoms with E-state index in [2.05, 4.69) is 17.2 Å². The highest BCUT2D eigenvalue weighted by Gasteiger charge is 2.28. The number of halogens is 2. The molecule has 1 saturated carbocycles. The van der Waals surface area contributed by atoms with E-state index in [1.807, 2.05) is 0 Å². The first-order valence-electron chi connectivity index (χ1n) is 10.7. The van der Waals surface area contributed by atoms with Crippen molar-refractivity contribution in [3.05, 3.63) is 41.6 Å². The van der Waals surface area contributed by atoms with Crippen LogP contribution in [0, 0.1) is 17.6 Å². The number of benzene rings is 1. The van der Waals surface area contributed by atoms with Crippen LogP contribution in [0.1, 0.15) is 38.2 Å². The van der Waals surface area contributed by atoms with Crippen LogP contribution >= 0.6 is 23.1 Å². The molecule has 1 heterocycles. The molecule has 2 amide bonds. The van der Waals surface area contributed by atoms with Crippen LogP contribution in [-0.4, -0.2) is 51.9 Å². The van der Waals surface area contributed by atoms with Crippen LogP contribution < -0.4 is 5.32 Å². The molecule has 0 atom stereocenters. The van der Waals surface area contributed by atoms with Gasteiger partial charge in [0.05, 0.1) is 29.4 Å². The summed E-state index contributed by atoms with van der Waals surface area (Å²) in [4.78, 5) is 29.7. The van der Waals surface area contributed by atoms with Gasteiger partial charge in [-0.1, -0.05) is 24.3 Å². The van der Waals surface area contributed by atoms with Crippen molar-refractivity contribution in [1.29, 1.82) is 0 Å². The number of hydrogen-bond acceptors (Lipinski definition) is 6. The van der Waals surface area contributed by atoms with E-state index in [1.165, 1.54) is 23.5 Å². The Labute approximate surface area is 199 Å². The Morgan fingerprint density at radius 1 is 1.30 bits per heavy atom. The van der Waals surface area contributed by atoms with Gasteiger partial charge in [0, 0.05) is 24.2 Å². The number of carbonyl (C=O) groups excluding carboxylic acids is 1. The molecular weight excluding hydrogens is 472 g/mol. The Hall–Kier alpha value is -2.24. The molecule has 1 fully saturated rings. The largest absolute Gasteiger partial charge is 0.481 e. The molecule has 3 rings (SSSR count). The molecule has 180 valence electrons. The molecule has 1 aromatic carbocycles. The summed E-state index contributed by atoms with van der Waals surface area (Å²) in [5.41, 5.74) is 0.257. The number of anilines is 1. The highest BCUT2D eigenvalue weighted by Crippen LogP contribution is 2.30. The van der Waals surface area contributed by atoms with Crippen LogP contribution in [0.25, 0.3) is 0 Å². The Morgan fingerprint density at radius 3 is 2.76 bits per heavy atom. The van der Waals surface area contributed by atoms with Gasteiger partial charge >= 0.3 is 12.0 Å². The highest BCUT2D eigenvalue weighted by atomic mass is 32.2. The van der Waals surface area contributed by atoms with Gasteiger partial charge in [-0.05, 0) is 37.7 Å². The number of thioether (sulfide) groups is 1. The number of carboxylic acids is 1.